The zero-order valence-corrected chi connectivity index (χ0v) is 51.9. The molecule has 1 unspecified atom stereocenters. The molecule has 0 saturated carbocycles. The van der Waals surface area contributed by atoms with E-state index in [1.165, 1.54) is 199 Å². The minimum absolute atomic E-state index is 0.0918. The summed E-state index contributed by atoms with van der Waals surface area (Å²) in [5.41, 5.74) is 0. The van der Waals surface area contributed by atoms with E-state index in [2.05, 4.69) is 93.7 Å². The molecule has 6 nitrogen and oxygen atoms in total. The number of unbranched alkanes of at least 4 members (excludes halogenated alkanes) is 39. The van der Waals surface area contributed by atoms with Crippen LogP contribution in [0.5, 0.6) is 0 Å². The van der Waals surface area contributed by atoms with Crippen molar-refractivity contribution in [3.63, 3.8) is 0 Å². The Morgan fingerprint density at radius 1 is 0.269 bits per heavy atom. The summed E-state index contributed by atoms with van der Waals surface area (Å²) in [6.45, 7) is 6.51. The van der Waals surface area contributed by atoms with Crippen molar-refractivity contribution in [1.82, 2.24) is 0 Å². The van der Waals surface area contributed by atoms with E-state index >= 15 is 0 Å². The molecular formula is C72H128O6. The molecule has 0 heterocycles. The molecule has 452 valence electrons. The van der Waals surface area contributed by atoms with Crippen LogP contribution in [-0.4, -0.2) is 37.2 Å². The fraction of sp³-hybridized carbons (Fsp3) is 0.792. The van der Waals surface area contributed by atoms with Crippen LogP contribution in [0.4, 0.5) is 0 Å². The van der Waals surface area contributed by atoms with Gasteiger partial charge >= 0.3 is 17.9 Å². The lowest BCUT2D eigenvalue weighted by molar-refractivity contribution is -0.167. The summed E-state index contributed by atoms with van der Waals surface area (Å²) in [5, 5.41) is 0. The number of carbonyl (C=O) groups is 3. The maximum Gasteiger partial charge on any atom is 0.306 e. The van der Waals surface area contributed by atoms with Gasteiger partial charge < -0.3 is 14.2 Å². The van der Waals surface area contributed by atoms with Gasteiger partial charge in [-0.1, -0.05) is 312 Å². The maximum atomic E-state index is 12.9. The zero-order valence-electron chi connectivity index (χ0n) is 51.9. The fourth-order valence-corrected chi connectivity index (χ4v) is 9.88. The van der Waals surface area contributed by atoms with Crippen molar-refractivity contribution in [2.75, 3.05) is 13.2 Å². The Bertz CT molecular complexity index is 1440. The third-order valence-electron chi connectivity index (χ3n) is 14.9. The molecule has 0 fully saturated rings. The topological polar surface area (TPSA) is 78.9 Å². The van der Waals surface area contributed by atoms with E-state index in [-0.39, 0.29) is 31.1 Å². The summed E-state index contributed by atoms with van der Waals surface area (Å²) in [4.78, 5) is 38.3. The highest BCUT2D eigenvalue weighted by atomic mass is 16.6. The summed E-state index contributed by atoms with van der Waals surface area (Å²) < 4.78 is 16.9. The number of allylic oxidation sites excluding steroid dienone is 12. The molecule has 0 aromatic carbocycles. The average molecular weight is 1090 g/mol. The van der Waals surface area contributed by atoms with E-state index in [9.17, 15) is 14.4 Å². The van der Waals surface area contributed by atoms with Crippen LogP contribution >= 0.6 is 0 Å². The number of hydrogen-bond acceptors (Lipinski definition) is 6. The fourth-order valence-electron chi connectivity index (χ4n) is 9.88. The smallest absolute Gasteiger partial charge is 0.306 e. The van der Waals surface area contributed by atoms with Gasteiger partial charge in [0.05, 0.1) is 0 Å². The van der Waals surface area contributed by atoms with Crippen LogP contribution in [0.2, 0.25) is 0 Å². The molecule has 78 heavy (non-hydrogen) atoms. The van der Waals surface area contributed by atoms with Crippen molar-refractivity contribution in [2.24, 2.45) is 0 Å². The highest BCUT2D eigenvalue weighted by molar-refractivity contribution is 5.71. The first-order chi connectivity index (χ1) is 38.5. The maximum absolute atomic E-state index is 12.9. The zero-order chi connectivity index (χ0) is 56.4. The molecule has 0 rings (SSSR count). The minimum Gasteiger partial charge on any atom is -0.462 e. The third-order valence-corrected chi connectivity index (χ3v) is 14.9. The van der Waals surface area contributed by atoms with Crippen LogP contribution in [0.25, 0.3) is 0 Å². The largest absolute Gasteiger partial charge is 0.462 e. The van der Waals surface area contributed by atoms with Crippen LogP contribution in [0, 0.1) is 0 Å². The first kappa shape index (κ1) is 74.8. The normalized spacial score (nSPS) is 12.5. The molecule has 0 bridgehead atoms. The van der Waals surface area contributed by atoms with Crippen LogP contribution < -0.4 is 0 Å². The van der Waals surface area contributed by atoms with Crippen molar-refractivity contribution >= 4 is 17.9 Å². The van der Waals surface area contributed by atoms with Crippen LogP contribution in [0.15, 0.2) is 72.9 Å². The van der Waals surface area contributed by atoms with E-state index in [0.29, 0.717) is 19.3 Å². The minimum atomic E-state index is -0.800. The number of carbonyl (C=O) groups excluding carboxylic acids is 3. The Labute approximate surface area is 484 Å². The molecule has 0 aliphatic heterocycles. The van der Waals surface area contributed by atoms with Crippen molar-refractivity contribution in [2.45, 2.75) is 354 Å². The highest BCUT2D eigenvalue weighted by Gasteiger charge is 2.19. The number of hydrogen-bond donors (Lipinski definition) is 0. The quantitative estimate of drug-likeness (QED) is 0.0261. The van der Waals surface area contributed by atoms with Gasteiger partial charge in [0.25, 0.3) is 0 Å². The summed E-state index contributed by atoms with van der Waals surface area (Å²) in [6.07, 6.45) is 86.6. The lowest BCUT2D eigenvalue weighted by atomic mass is 10.0. The molecule has 0 spiro atoms. The van der Waals surface area contributed by atoms with Gasteiger partial charge in [-0.15, -0.1) is 0 Å². The van der Waals surface area contributed by atoms with E-state index in [4.69, 9.17) is 14.2 Å². The lowest BCUT2D eigenvalue weighted by Crippen LogP contribution is -2.30. The van der Waals surface area contributed by atoms with Crippen LogP contribution in [0.3, 0.4) is 0 Å². The molecule has 1 atom stereocenters. The van der Waals surface area contributed by atoms with Crippen molar-refractivity contribution in [3.05, 3.63) is 72.9 Å². The van der Waals surface area contributed by atoms with E-state index < -0.39 is 6.10 Å². The van der Waals surface area contributed by atoms with Gasteiger partial charge in [-0.05, 0) is 89.9 Å². The average Bonchev–Trinajstić information content (AvgIpc) is 3.44. The number of esters is 3. The van der Waals surface area contributed by atoms with Gasteiger partial charge in [-0.3, -0.25) is 14.4 Å². The number of ether oxygens (including phenoxy) is 3. The first-order valence-corrected chi connectivity index (χ1v) is 33.9. The van der Waals surface area contributed by atoms with Crippen LogP contribution in [-0.2, 0) is 28.6 Å². The van der Waals surface area contributed by atoms with Gasteiger partial charge in [0, 0.05) is 19.3 Å². The van der Waals surface area contributed by atoms with Gasteiger partial charge in [0.1, 0.15) is 13.2 Å². The second kappa shape index (κ2) is 66.4. The van der Waals surface area contributed by atoms with Crippen molar-refractivity contribution in [1.29, 1.82) is 0 Å². The van der Waals surface area contributed by atoms with E-state index in [1.807, 2.05) is 0 Å². The van der Waals surface area contributed by atoms with E-state index in [1.54, 1.807) is 0 Å². The second-order valence-corrected chi connectivity index (χ2v) is 22.7. The Morgan fingerprint density at radius 2 is 0.500 bits per heavy atom. The third kappa shape index (κ3) is 63.7. The molecule has 0 aromatic rings. The molecule has 6 heteroatoms. The number of rotatable bonds is 62. The second-order valence-electron chi connectivity index (χ2n) is 22.7. The summed E-state index contributed by atoms with van der Waals surface area (Å²) >= 11 is 0. The standard InChI is InChI=1S/C72H128O6/c1-4-7-10-13-16-19-22-25-28-30-31-32-33-34-35-36-37-38-39-40-41-42-45-47-50-53-56-59-62-65-71(74)77-68-69(67-76-70(73)64-61-58-55-52-49-46-43-27-24-21-18-15-12-9-6-3)78-72(75)66-63-60-57-54-51-48-44-29-26-23-20-17-14-11-8-5-2/h9,12,18,20-21,23,27,29,43-44,49,52,69H,4-8,10-11,13-17,19,22,24-26,28,30-42,45-48,50-51,53-68H2,1-3H3/b12-9-,21-18-,23-20-,43-27-,44-29-,52-49-. The summed E-state index contributed by atoms with van der Waals surface area (Å²) in [6, 6.07) is 0. The SMILES string of the molecule is CC/C=C\C/C=C\C/C=C\C/C=C\CCCCC(=O)OCC(COC(=O)CCCCCCCCCCCCCCCCCCCCCCCCCCCCCCC)OC(=O)CCCCCCC/C=C\C/C=C\CCCCCC. The van der Waals surface area contributed by atoms with Gasteiger partial charge in [0.2, 0.25) is 0 Å². The van der Waals surface area contributed by atoms with Crippen molar-refractivity contribution < 1.29 is 28.6 Å². The molecule has 0 N–H and O–H groups in total. The first-order valence-electron chi connectivity index (χ1n) is 33.9. The molecule has 0 aliphatic carbocycles. The van der Waals surface area contributed by atoms with Gasteiger partial charge in [0.15, 0.2) is 6.10 Å². The molecule has 0 radical (unpaired) electrons. The molecule has 0 aromatic heterocycles. The molecule has 0 aliphatic rings. The Morgan fingerprint density at radius 3 is 0.821 bits per heavy atom. The molecule has 0 amide bonds. The van der Waals surface area contributed by atoms with Gasteiger partial charge in [-0.2, -0.15) is 0 Å². The Hall–Kier alpha value is -3.15. The molecule has 0 saturated heterocycles. The Kier molecular flexibility index (Phi) is 63.7. The predicted octanol–water partition coefficient (Wildman–Crippen LogP) is 23.3. The molecular weight excluding hydrogens is 961 g/mol. The summed E-state index contributed by atoms with van der Waals surface area (Å²) in [5.74, 6) is -0.933. The Balaban J connectivity index is 4.24. The van der Waals surface area contributed by atoms with Crippen molar-refractivity contribution in [3.8, 4) is 0 Å². The summed E-state index contributed by atoms with van der Waals surface area (Å²) in [7, 11) is 0. The monoisotopic (exact) mass is 1090 g/mol. The predicted molar refractivity (Wildman–Crippen MR) is 339 cm³/mol. The van der Waals surface area contributed by atoms with Gasteiger partial charge in [-0.25, -0.2) is 0 Å². The van der Waals surface area contributed by atoms with Crippen LogP contribution in [0.1, 0.15) is 348 Å². The highest BCUT2D eigenvalue weighted by Crippen LogP contribution is 2.18. The van der Waals surface area contributed by atoms with E-state index in [0.717, 1.165) is 109 Å². The lowest BCUT2D eigenvalue weighted by Gasteiger charge is -2.18.